The second kappa shape index (κ2) is 13.7. The lowest BCUT2D eigenvalue weighted by Crippen LogP contribution is -2.46. The van der Waals surface area contributed by atoms with Gasteiger partial charge < -0.3 is 9.64 Å². The summed E-state index contributed by atoms with van der Waals surface area (Å²) >= 11 is 0. The molecule has 1 fully saturated rings. The van der Waals surface area contributed by atoms with Gasteiger partial charge in [-0.25, -0.2) is 0 Å². The highest BCUT2D eigenvalue weighted by Crippen LogP contribution is 2.34. The zero-order valence-corrected chi connectivity index (χ0v) is 22.6. The van der Waals surface area contributed by atoms with Crippen molar-refractivity contribution in [2.75, 3.05) is 19.7 Å². The molecule has 2 atom stereocenters. The van der Waals surface area contributed by atoms with Crippen molar-refractivity contribution in [2.24, 2.45) is 0 Å². The maximum Gasteiger partial charge on any atom is 0.222 e. The molecule has 1 saturated heterocycles. The van der Waals surface area contributed by atoms with Crippen LogP contribution in [0.15, 0.2) is 97.1 Å². The molecule has 1 aliphatic heterocycles. The summed E-state index contributed by atoms with van der Waals surface area (Å²) < 4.78 is 6.61. The van der Waals surface area contributed by atoms with Crippen molar-refractivity contribution >= 4 is 16.7 Å². The van der Waals surface area contributed by atoms with E-state index in [2.05, 4.69) is 83.7 Å². The number of carbonyl (C=O) groups is 1. The van der Waals surface area contributed by atoms with Crippen LogP contribution in [0.4, 0.5) is 0 Å². The second-order valence-electron chi connectivity index (χ2n) is 10.3. The van der Waals surface area contributed by atoms with Crippen molar-refractivity contribution in [2.45, 2.75) is 44.3 Å². The maximum absolute atomic E-state index is 13.1. The molecule has 4 aromatic rings. The van der Waals surface area contributed by atoms with Gasteiger partial charge in [-0.2, -0.15) is 0 Å². The fraction of sp³-hybridized carbons (Fsp3) is 0.303. The molecular formula is C33H36N2O5. The first kappa shape index (κ1) is 28.0. The van der Waals surface area contributed by atoms with Gasteiger partial charge >= 0.3 is 0 Å². The van der Waals surface area contributed by atoms with E-state index < -0.39 is 0 Å². The summed E-state index contributed by atoms with van der Waals surface area (Å²) in [6, 6.07) is 33.8. The minimum absolute atomic E-state index is 0.0839. The van der Waals surface area contributed by atoms with E-state index >= 15 is 0 Å². The van der Waals surface area contributed by atoms with Crippen molar-refractivity contribution in [3.63, 3.8) is 0 Å². The Morgan fingerprint density at radius 2 is 1.62 bits per heavy atom. The van der Waals surface area contributed by atoms with Crippen LogP contribution >= 0.6 is 0 Å². The summed E-state index contributed by atoms with van der Waals surface area (Å²) in [6.45, 7) is 1.82. The average Bonchev–Trinajstić information content (AvgIpc) is 3.00. The van der Waals surface area contributed by atoms with Gasteiger partial charge in [0.2, 0.25) is 5.91 Å². The Morgan fingerprint density at radius 1 is 0.850 bits per heavy atom. The van der Waals surface area contributed by atoms with Gasteiger partial charge in [-0.1, -0.05) is 91.0 Å². The molecule has 40 heavy (non-hydrogen) atoms. The lowest BCUT2D eigenvalue weighted by Gasteiger charge is -2.39. The zero-order valence-electron chi connectivity index (χ0n) is 22.6. The lowest BCUT2D eigenvalue weighted by molar-refractivity contribution is -0.492. The molecule has 7 heteroatoms. The number of fused-ring (bicyclic) bond motifs is 1. The second-order valence-corrected chi connectivity index (χ2v) is 10.3. The Morgan fingerprint density at radius 3 is 2.45 bits per heavy atom. The number of unbranched alkanes of at least 4 members (excludes halogenated alkanes) is 1. The molecule has 0 radical (unpaired) electrons. The van der Waals surface area contributed by atoms with E-state index in [4.69, 9.17) is 15.2 Å². The van der Waals surface area contributed by atoms with Crippen LogP contribution in [-0.2, 0) is 21.0 Å². The molecule has 0 saturated carbocycles. The van der Waals surface area contributed by atoms with Gasteiger partial charge in [0.15, 0.2) is 0 Å². The van der Waals surface area contributed by atoms with E-state index in [1.54, 1.807) is 0 Å². The molecule has 4 aromatic carbocycles. The highest BCUT2D eigenvalue weighted by atomic mass is 17.1. The minimum atomic E-state index is -0.295. The van der Waals surface area contributed by atoms with Crippen LogP contribution in [0.25, 0.3) is 21.9 Å². The summed E-state index contributed by atoms with van der Waals surface area (Å²) in [5.41, 5.74) is 4.70. The molecule has 0 spiro atoms. The summed E-state index contributed by atoms with van der Waals surface area (Å²) in [5.74, 6) is 0.252. The molecule has 1 amide bonds. The molecular weight excluding hydrogens is 504 g/mol. The fourth-order valence-electron chi connectivity index (χ4n) is 5.49. The van der Waals surface area contributed by atoms with Crippen LogP contribution in [0, 0.1) is 0 Å². The van der Waals surface area contributed by atoms with Crippen LogP contribution in [0.3, 0.4) is 0 Å². The fourth-order valence-corrected chi connectivity index (χ4v) is 5.49. The monoisotopic (exact) mass is 540 g/mol. The first-order valence-corrected chi connectivity index (χ1v) is 13.9. The van der Waals surface area contributed by atoms with Gasteiger partial charge in [-0.05, 0) is 58.4 Å². The summed E-state index contributed by atoms with van der Waals surface area (Å²) in [5, 5.41) is 19.4. The Labute approximate surface area is 235 Å². The van der Waals surface area contributed by atoms with Crippen molar-refractivity contribution < 1.29 is 24.8 Å². The van der Waals surface area contributed by atoms with Crippen LogP contribution in [0.1, 0.15) is 42.7 Å². The molecule has 1 heterocycles. The van der Waals surface area contributed by atoms with Crippen LogP contribution < -0.4 is 0 Å². The van der Waals surface area contributed by atoms with Gasteiger partial charge in [-0.3, -0.25) is 20.0 Å². The molecule has 7 nitrogen and oxygen atoms in total. The van der Waals surface area contributed by atoms with Gasteiger partial charge in [0.1, 0.15) is 0 Å². The molecule has 0 aliphatic carbocycles. The third kappa shape index (κ3) is 7.33. The molecule has 0 unspecified atom stereocenters. The number of benzene rings is 4. The van der Waals surface area contributed by atoms with Gasteiger partial charge in [-0.15, -0.1) is 0 Å². The molecule has 5 rings (SSSR count). The number of rotatable bonds is 11. The van der Waals surface area contributed by atoms with Gasteiger partial charge in [0.25, 0.3) is 0 Å². The normalized spacial score (nSPS) is 17.4. The SMILES string of the molecule is O=C(CCCCON(O)O)N1CC[C@H](c2cccc(-c3ccccc3)c2)[C@@H](OCc2ccc3ccccc3c2)C1. The molecule has 1 aliphatic rings. The predicted molar refractivity (Wildman–Crippen MR) is 154 cm³/mol. The third-order valence-electron chi connectivity index (χ3n) is 7.60. The molecule has 208 valence electrons. The van der Waals surface area contributed by atoms with Crippen molar-refractivity contribution in [1.29, 1.82) is 0 Å². The van der Waals surface area contributed by atoms with E-state index in [0.717, 1.165) is 12.0 Å². The molecule has 0 bridgehead atoms. The number of piperidine rings is 1. The Bertz CT molecular complexity index is 1390. The maximum atomic E-state index is 13.1. The molecule has 0 aromatic heterocycles. The number of hydrogen-bond acceptors (Lipinski definition) is 6. The first-order chi connectivity index (χ1) is 19.6. The number of carbonyl (C=O) groups excluding carboxylic acids is 1. The van der Waals surface area contributed by atoms with Gasteiger partial charge in [0.05, 0.1) is 24.7 Å². The van der Waals surface area contributed by atoms with E-state index in [-0.39, 0.29) is 29.9 Å². The highest BCUT2D eigenvalue weighted by molar-refractivity contribution is 5.83. The van der Waals surface area contributed by atoms with Crippen LogP contribution in [0.5, 0.6) is 0 Å². The Hall–Kier alpha value is -3.59. The predicted octanol–water partition coefficient (Wildman–Crippen LogP) is 6.59. The van der Waals surface area contributed by atoms with E-state index in [1.807, 2.05) is 23.1 Å². The quantitative estimate of drug-likeness (QED) is 0.165. The summed E-state index contributed by atoms with van der Waals surface area (Å²) in [4.78, 5) is 19.6. The average molecular weight is 541 g/mol. The summed E-state index contributed by atoms with van der Waals surface area (Å²) in [7, 11) is 0. The zero-order chi connectivity index (χ0) is 27.7. The number of amides is 1. The highest BCUT2D eigenvalue weighted by Gasteiger charge is 2.33. The third-order valence-corrected chi connectivity index (χ3v) is 7.60. The number of likely N-dealkylation sites (tertiary alicyclic amines) is 1. The lowest BCUT2D eigenvalue weighted by atomic mass is 9.85. The Balaban J connectivity index is 1.30. The topological polar surface area (TPSA) is 82.5 Å². The number of ether oxygens (including phenoxy) is 1. The smallest absolute Gasteiger partial charge is 0.222 e. The van der Waals surface area contributed by atoms with E-state index in [9.17, 15) is 4.79 Å². The van der Waals surface area contributed by atoms with Crippen LogP contribution in [0.2, 0.25) is 0 Å². The minimum Gasteiger partial charge on any atom is -0.371 e. The van der Waals surface area contributed by atoms with Gasteiger partial charge in [0, 0.05) is 25.4 Å². The van der Waals surface area contributed by atoms with Crippen molar-refractivity contribution in [3.05, 3.63) is 108 Å². The number of hydrogen-bond donors (Lipinski definition) is 2. The molecule has 2 N–H and O–H groups in total. The van der Waals surface area contributed by atoms with E-state index in [1.165, 1.54) is 27.5 Å². The van der Waals surface area contributed by atoms with Crippen molar-refractivity contribution in [3.8, 4) is 11.1 Å². The van der Waals surface area contributed by atoms with Crippen LogP contribution in [-0.4, -0.2) is 52.4 Å². The van der Waals surface area contributed by atoms with Crippen molar-refractivity contribution in [1.82, 2.24) is 10.3 Å². The summed E-state index contributed by atoms with van der Waals surface area (Å²) in [6.07, 6.45) is 2.21. The van der Waals surface area contributed by atoms with E-state index in [0.29, 0.717) is 39.0 Å². The largest absolute Gasteiger partial charge is 0.371 e. The standard InChI is InChI=1S/C33H36N2O5/c36-33(15-6-7-20-40-35(37)38)34-19-18-31(30-14-8-13-29(22-30)26-9-2-1-3-10-26)32(23-34)39-24-25-16-17-27-11-4-5-12-28(27)21-25/h1-5,8-14,16-17,21-22,31-32,37-38H,6-7,15,18-20,23-24H2/t31-,32+/m1/s1. The number of nitrogens with zero attached hydrogens (tertiary/aromatic N) is 2. The Kier molecular flexibility index (Phi) is 9.54. The first-order valence-electron chi connectivity index (χ1n) is 13.9.